The quantitative estimate of drug-likeness (QED) is 0.891. The second kappa shape index (κ2) is 7.18. The number of carbonyl (C=O) groups excluding carboxylic acids is 1. The monoisotopic (exact) mass is 332 g/mol. The molecule has 2 amide bonds. The first-order chi connectivity index (χ1) is 10.8. The zero-order chi connectivity index (χ0) is 17.0. The first-order valence-corrected chi connectivity index (χ1v) is 7.24. The summed E-state index contributed by atoms with van der Waals surface area (Å²) < 4.78 is 45.1. The van der Waals surface area contributed by atoms with Crippen LogP contribution in [0.1, 0.15) is 18.5 Å². The van der Waals surface area contributed by atoms with Crippen LogP contribution in [0.2, 0.25) is 0 Å². The summed E-state index contributed by atoms with van der Waals surface area (Å²) in [6, 6.07) is 3.93. The van der Waals surface area contributed by atoms with Crippen molar-refractivity contribution < 1.29 is 27.8 Å². The van der Waals surface area contributed by atoms with Crippen molar-refractivity contribution in [3.63, 3.8) is 0 Å². The smallest absolute Gasteiger partial charge is 0.394 e. The highest BCUT2D eigenvalue weighted by atomic mass is 19.4. The number of aliphatic hydroxyl groups excluding tert-OH is 1. The Balaban J connectivity index is 2.14. The highest BCUT2D eigenvalue weighted by molar-refractivity contribution is 5.75. The van der Waals surface area contributed by atoms with Gasteiger partial charge < -0.3 is 20.1 Å². The summed E-state index contributed by atoms with van der Waals surface area (Å²) in [6.45, 7) is 1.60. The first kappa shape index (κ1) is 17.6. The fraction of sp³-hybridized carbons (Fsp3) is 0.533. The molecule has 0 unspecified atom stereocenters. The minimum Gasteiger partial charge on any atom is -0.394 e. The van der Waals surface area contributed by atoms with Gasteiger partial charge in [-0.05, 0) is 12.5 Å². The Morgan fingerprint density at radius 3 is 2.65 bits per heavy atom. The standard InChI is InChI=1S/C15H19F3N2O3/c1-10-9-23-12(8-21)7-20(10)14(22)19-13(15(16,17)18)11-5-3-2-4-6-11/h2-6,10,12-13,21H,7-9H2,1H3,(H,19,22)/t10-,12+,13-/m1/s1. The number of nitrogens with zero attached hydrogens (tertiary/aromatic N) is 1. The van der Waals surface area contributed by atoms with Gasteiger partial charge in [-0.1, -0.05) is 30.3 Å². The second-order valence-corrected chi connectivity index (χ2v) is 5.47. The Bertz CT molecular complexity index is 524. The van der Waals surface area contributed by atoms with Gasteiger partial charge in [-0.15, -0.1) is 0 Å². The summed E-state index contributed by atoms with van der Waals surface area (Å²) in [4.78, 5) is 13.5. The summed E-state index contributed by atoms with van der Waals surface area (Å²) in [5.41, 5.74) is -0.0343. The van der Waals surface area contributed by atoms with E-state index >= 15 is 0 Å². The third-order valence-electron chi connectivity index (χ3n) is 3.70. The molecular weight excluding hydrogens is 313 g/mol. The predicted molar refractivity (Wildman–Crippen MR) is 76.8 cm³/mol. The molecule has 23 heavy (non-hydrogen) atoms. The second-order valence-electron chi connectivity index (χ2n) is 5.47. The van der Waals surface area contributed by atoms with Crippen LogP contribution in [0.5, 0.6) is 0 Å². The van der Waals surface area contributed by atoms with Gasteiger partial charge in [0, 0.05) is 0 Å². The zero-order valence-corrected chi connectivity index (χ0v) is 12.6. The molecule has 8 heteroatoms. The number of hydrogen-bond donors (Lipinski definition) is 2. The van der Waals surface area contributed by atoms with Crippen LogP contribution in [0.3, 0.4) is 0 Å². The van der Waals surface area contributed by atoms with Crippen LogP contribution in [0.25, 0.3) is 0 Å². The Morgan fingerprint density at radius 1 is 1.43 bits per heavy atom. The van der Waals surface area contributed by atoms with Crippen LogP contribution in [0.4, 0.5) is 18.0 Å². The molecule has 1 aliphatic heterocycles. The highest BCUT2D eigenvalue weighted by Crippen LogP contribution is 2.32. The van der Waals surface area contributed by atoms with Gasteiger partial charge in [0.25, 0.3) is 0 Å². The Hall–Kier alpha value is -1.80. The molecule has 2 N–H and O–H groups in total. The van der Waals surface area contributed by atoms with Crippen LogP contribution in [0.15, 0.2) is 30.3 Å². The lowest BCUT2D eigenvalue weighted by molar-refractivity contribution is -0.156. The number of nitrogens with one attached hydrogen (secondary N) is 1. The average molecular weight is 332 g/mol. The number of benzene rings is 1. The van der Waals surface area contributed by atoms with Crippen molar-refractivity contribution >= 4 is 6.03 Å². The topological polar surface area (TPSA) is 61.8 Å². The molecule has 128 valence electrons. The van der Waals surface area contributed by atoms with E-state index in [1.54, 1.807) is 13.0 Å². The van der Waals surface area contributed by atoms with E-state index in [-0.39, 0.29) is 31.4 Å². The van der Waals surface area contributed by atoms with Crippen molar-refractivity contribution in [3.05, 3.63) is 35.9 Å². The van der Waals surface area contributed by atoms with Gasteiger partial charge in [-0.3, -0.25) is 0 Å². The minimum atomic E-state index is -4.61. The Morgan fingerprint density at radius 2 is 2.09 bits per heavy atom. The highest BCUT2D eigenvalue weighted by Gasteiger charge is 2.43. The van der Waals surface area contributed by atoms with Crippen molar-refractivity contribution in [3.8, 4) is 0 Å². The third-order valence-corrected chi connectivity index (χ3v) is 3.70. The number of rotatable bonds is 3. The van der Waals surface area contributed by atoms with Gasteiger partial charge in [0.1, 0.15) is 0 Å². The van der Waals surface area contributed by atoms with Crippen LogP contribution in [0, 0.1) is 0 Å². The van der Waals surface area contributed by atoms with E-state index in [1.807, 2.05) is 5.32 Å². The predicted octanol–water partition coefficient (Wildman–Crippen LogP) is 2.08. The Labute approximate surface area is 132 Å². The maximum absolute atomic E-state index is 13.3. The number of urea groups is 1. The molecule has 0 saturated carbocycles. The van der Waals surface area contributed by atoms with Crippen molar-refractivity contribution in [2.45, 2.75) is 31.3 Å². The largest absolute Gasteiger partial charge is 0.412 e. The maximum Gasteiger partial charge on any atom is 0.412 e. The fourth-order valence-electron chi connectivity index (χ4n) is 2.42. The van der Waals surface area contributed by atoms with E-state index in [0.29, 0.717) is 0 Å². The Kier molecular flexibility index (Phi) is 5.48. The molecule has 0 spiro atoms. The van der Waals surface area contributed by atoms with E-state index in [4.69, 9.17) is 9.84 Å². The summed E-state index contributed by atoms with van der Waals surface area (Å²) >= 11 is 0. The van der Waals surface area contributed by atoms with Gasteiger partial charge in [0.2, 0.25) is 0 Å². The van der Waals surface area contributed by atoms with Crippen LogP contribution in [-0.4, -0.2) is 54.1 Å². The first-order valence-electron chi connectivity index (χ1n) is 7.24. The number of ether oxygens (including phenoxy) is 1. The number of aliphatic hydroxyl groups is 1. The van der Waals surface area contributed by atoms with E-state index in [9.17, 15) is 18.0 Å². The van der Waals surface area contributed by atoms with Crippen molar-refractivity contribution in [2.24, 2.45) is 0 Å². The molecule has 1 aromatic rings. The summed E-state index contributed by atoms with van der Waals surface area (Å²) in [5.74, 6) is 0. The van der Waals surface area contributed by atoms with E-state index in [2.05, 4.69) is 0 Å². The van der Waals surface area contributed by atoms with Crippen molar-refractivity contribution in [2.75, 3.05) is 19.8 Å². The van der Waals surface area contributed by atoms with Gasteiger partial charge >= 0.3 is 12.2 Å². The van der Waals surface area contributed by atoms with Gasteiger partial charge in [-0.25, -0.2) is 4.79 Å². The molecule has 1 aromatic carbocycles. The summed E-state index contributed by atoms with van der Waals surface area (Å²) in [6.07, 6.45) is -5.19. The lowest BCUT2D eigenvalue weighted by Crippen LogP contribution is -2.56. The van der Waals surface area contributed by atoms with Crippen LogP contribution < -0.4 is 5.32 Å². The van der Waals surface area contributed by atoms with Crippen LogP contribution in [-0.2, 0) is 4.74 Å². The molecule has 1 fully saturated rings. The fourth-order valence-corrected chi connectivity index (χ4v) is 2.42. The number of amides is 2. The minimum absolute atomic E-state index is 0.0343. The average Bonchev–Trinajstić information content (AvgIpc) is 2.52. The summed E-state index contributed by atoms with van der Waals surface area (Å²) in [7, 11) is 0. The van der Waals surface area contributed by atoms with Gasteiger partial charge in [0.15, 0.2) is 6.04 Å². The normalized spacial score (nSPS) is 23.4. The maximum atomic E-state index is 13.3. The van der Waals surface area contributed by atoms with Gasteiger partial charge in [0.05, 0.1) is 31.9 Å². The van der Waals surface area contributed by atoms with E-state index < -0.39 is 24.4 Å². The number of hydrogen-bond acceptors (Lipinski definition) is 3. The summed E-state index contributed by atoms with van der Waals surface area (Å²) in [5, 5.41) is 11.1. The number of halogens is 3. The van der Waals surface area contributed by atoms with Crippen molar-refractivity contribution in [1.82, 2.24) is 10.2 Å². The zero-order valence-electron chi connectivity index (χ0n) is 12.6. The van der Waals surface area contributed by atoms with Crippen LogP contribution >= 0.6 is 0 Å². The van der Waals surface area contributed by atoms with Crippen molar-refractivity contribution in [1.29, 1.82) is 0 Å². The molecule has 0 aliphatic carbocycles. The molecule has 1 saturated heterocycles. The van der Waals surface area contributed by atoms with E-state index in [0.717, 1.165) is 0 Å². The number of alkyl halides is 3. The molecule has 0 radical (unpaired) electrons. The lowest BCUT2D eigenvalue weighted by Gasteiger charge is -2.38. The number of carbonyl (C=O) groups is 1. The molecule has 0 bridgehead atoms. The third kappa shape index (κ3) is 4.35. The molecule has 3 atom stereocenters. The van der Waals surface area contributed by atoms with E-state index in [1.165, 1.54) is 29.2 Å². The molecule has 0 aromatic heterocycles. The molecular formula is C15H19F3N2O3. The molecule has 1 aliphatic rings. The van der Waals surface area contributed by atoms with Gasteiger partial charge in [-0.2, -0.15) is 13.2 Å². The number of morpholine rings is 1. The molecule has 1 heterocycles. The SMILES string of the molecule is C[C@@H]1CO[C@H](CO)CN1C(=O)N[C@H](c1ccccc1)C(F)(F)F. The molecule has 5 nitrogen and oxygen atoms in total. The molecule has 2 rings (SSSR count). The lowest BCUT2D eigenvalue weighted by atomic mass is 10.1.